The zero-order valence-corrected chi connectivity index (χ0v) is 16.5. The van der Waals surface area contributed by atoms with Gasteiger partial charge in [-0.15, -0.1) is 0 Å². The van der Waals surface area contributed by atoms with E-state index in [2.05, 4.69) is 31.8 Å². The molecule has 2 rings (SSSR count). The second-order valence-electron chi connectivity index (χ2n) is 6.24. The summed E-state index contributed by atoms with van der Waals surface area (Å²) in [6, 6.07) is 2.97. The van der Waals surface area contributed by atoms with E-state index in [1.165, 1.54) is 19.4 Å². The quantitative estimate of drug-likeness (QED) is 0.410. The second kappa shape index (κ2) is 9.60. The molecule has 0 fully saturated rings. The van der Waals surface area contributed by atoms with Crippen molar-refractivity contribution in [2.75, 3.05) is 19.0 Å². The van der Waals surface area contributed by atoms with Gasteiger partial charge in [0, 0.05) is 24.8 Å². The number of rotatable bonds is 7. The first kappa shape index (κ1) is 21.8. The number of hydrogen-bond donors (Lipinski definition) is 4. The molecule has 0 radical (unpaired) electrons. The van der Waals surface area contributed by atoms with Crippen LogP contribution in [0.2, 0.25) is 0 Å². The molecule has 0 bridgehead atoms. The zero-order valence-electron chi connectivity index (χ0n) is 16.5. The second-order valence-corrected chi connectivity index (χ2v) is 6.24. The normalized spacial score (nSPS) is 13.1. The number of hydrogen-bond acceptors (Lipinski definition) is 7. The Labute approximate surface area is 168 Å². The van der Waals surface area contributed by atoms with E-state index >= 15 is 0 Å². The average Bonchev–Trinajstić information content (AvgIpc) is 2.67. The average molecular weight is 401 g/mol. The van der Waals surface area contributed by atoms with Gasteiger partial charge in [0.1, 0.15) is 23.3 Å². The number of nitrogens with two attached hydrogens (primary N) is 2. The fraction of sp³-hybridized carbons (Fsp3) is 0.263. The van der Waals surface area contributed by atoms with Gasteiger partial charge in [0.2, 0.25) is 5.88 Å². The van der Waals surface area contributed by atoms with Gasteiger partial charge in [0.15, 0.2) is 5.82 Å². The fourth-order valence-electron chi connectivity index (χ4n) is 2.40. The Morgan fingerprint density at radius 1 is 1.31 bits per heavy atom. The SMILES string of the molecule is C=C(N)N=C(C)N=C(N)c1cc(C(C)CO)cnc1Nc1cnc(OC)c(F)c1. The Kier molecular flexibility index (Phi) is 7.21. The third-order valence-corrected chi connectivity index (χ3v) is 3.88. The molecular formula is C19H24FN7O2. The molecule has 2 aromatic heterocycles. The third kappa shape index (κ3) is 5.72. The van der Waals surface area contributed by atoms with Crippen molar-refractivity contribution < 1.29 is 14.2 Å². The van der Waals surface area contributed by atoms with Crippen LogP contribution in [0.1, 0.15) is 30.9 Å². The molecule has 2 aromatic rings. The summed E-state index contributed by atoms with van der Waals surface area (Å²) in [7, 11) is 1.33. The maximum atomic E-state index is 14.0. The lowest BCUT2D eigenvalue weighted by Gasteiger charge is -2.15. The molecule has 0 saturated heterocycles. The Bertz CT molecular complexity index is 960. The topological polar surface area (TPSA) is 144 Å². The van der Waals surface area contributed by atoms with Crippen molar-refractivity contribution in [2.45, 2.75) is 19.8 Å². The lowest BCUT2D eigenvalue weighted by molar-refractivity contribution is 0.273. The van der Waals surface area contributed by atoms with Crippen LogP contribution in [-0.2, 0) is 0 Å². The van der Waals surface area contributed by atoms with Crippen LogP contribution in [0.5, 0.6) is 5.88 Å². The van der Waals surface area contributed by atoms with Crippen LogP contribution < -0.4 is 21.5 Å². The number of aliphatic hydroxyl groups is 1. The highest BCUT2D eigenvalue weighted by Crippen LogP contribution is 2.25. The number of amidine groups is 2. The van der Waals surface area contributed by atoms with Crippen molar-refractivity contribution in [3.05, 3.63) is 53.9 Å². The highest BCUT2D eigenvalue weighted by atomic mass is 19.1. The van der Waals surface area contributed by atoms with Crippen molar-refractivity contribution in [1.29, 1.82) is 0 Å². The number of anilines is 2. The van der Waals surface area contributed by atoms with Gasteiger partial charge in [0.25, 0.3) is 0 Å². The highest BCUT2D eigenvalue weighted by molar-refractivity contribution is 6.08. The summed E-state index contributed by atoms with van der Waals surface area (Å²) in [4.78, 5) is 16.4. The van der Waals surface area contributed by atoms with Crippen LogP contribution in [-0.4, -0.2) is 40.5 Å². The standard InChI is InChI=1S/C19H24FN7O2/c1-10(9-28)13-5-15(17(22)26-12(3)25-11(2)21)18(23-7-13)27-14-6-16(20)19(29-4)24-8-14/h5-8,10,28H,2,9,21H2,1,3-4H3,(H,23,27)(H2,22,25,26). The molecule has 1 unspecified atom stereocenters. The molecule has 0 spiro atoms. The Hall–Kier alpha value is -3.53. The lowest BCUT2D eigenvalue weighted by atomic mass is 10.0. The van der Waals surface area contributed by atoms with Crippen LogP contribution in [0.4, 0.5) is 15.9 Å². The summed E-state index contributed by atoms with van der Waals surface area (Å²) < 4.78 is 18.8. The van der Waals surface area contributed by atoms with Gasteiger partial charge in [-0.1, -0.05) is 13.5 Å². The van der Waals surface area contributed by atoms with Gasteiger partial charge in [0.05, 0.1) is 24.6 Å². The number of aliphatic hydroxyl groups excluding tert-OH is 1. The zero-order chi connectivity index (χ0) is 21.6. The van der Waals surface area contributed by atoms with E-state index in [4.69, 9.17) is 16.2 Å². The number of methoxy groups -OCH3 is 1. The largest absolute Gasteiger partial charge is 0.479 e. The number of nitrogens with zero attached hydrogens (tertiary/aromatic N) is 4. The Balaban J connectivity index is 2.49. The predicted octanol–water partition coefficient (Wildman–Crippen LogP) is 2.02. The van der Waals surface area contributed by atoms with Gasteiger partial charge >= 0.3 is 0 Å². The molecule has 6 N–H and O–H groups in total. The molecule has 0 aliphatic carbocycles. The first-order valence-corrected chi connectivity index (χ1v) is 8.66. The molecule has 0 aliphatic heterocycles. The smallest absolute Gasteiger partial charge is 0.250 e. The maximum absolute atomic E-state index is 14.0. The minimum atomic E-state index is -0.629. The Morgan fingerprint density at radius 3 is 2.62 bits per heavy atom. The number of pyridine rings is 2. The van der Waals surface area contributed by atoms with E-state index in [9.17, 15) is 9.50 Å². The minimum absolute atomic E-state index is 0.0635. The van der Waals surface area contributed by atoms with Gasteiger partial charge in [-0.05, 0) is 18.6 Å². The van der Waals surface area contributed by atoms with E-state index in [0.717, 1.165) is 5.56 Å². The van der Waals surface area contributed by atoms with E-state index in [1.54, 1.807) is 19.2 Å². The molecule has 154 valence electrons. The van der Waals surface area contributed by atoms with Crippen LogP contribution in [0.15, 0.2) is 46.9 Å². The van der Waals surface area contributed by atoms with Crippen molar-refractivity contribution in [2.24, 2.45) is 21.5 Å². The number of ether oxygens (including phenoxy) is 1. The minimum Gasteiger partial charge on any atom is -0.479 e. The summed E-state index contributed by atoms with van der Waals surface area (Å²) in [5, 5.41) is 12.4. The first-order chi connectivity index (χ1) is 13.7. The van der Waals surface area contributed by atoms with E-state index < -0.39 is 5.82 Å². The fourth-order valence-corrected chi connectivity index (χ4v) is 2.40. The molecular weight excluding hydrogens is 377 g/mol. The third-order valence-electron chi connectivity index (χ3n) is 3.88. The summed E-state index contributed by atoms with van der Waals surface area (Å²) in [5.41, 5.74) is 13.2. The summed E-state index contributed by atoms with van der Waals surface area (Å²) in [6.07, 6.45) is 2.99. The van der Waals surface area contributed by atoms with Crippen LogP contribution in [0.3, 0.4) is 0 Å². The molecule has 9 nitrogen and oxygen atoms in total. The van der Waals surface area contributed by atoms with Crippen LogP contribution in [0, 0.1) is 5.82 Å². The highest BCUT2D eigenvalue weighted by Gasteiger charge is 2.15. The molecule has 10 heteroatoms. The molecule has 0 aromatic carbocycles. The van der Waals surface area contributed by atoms with E-state index in [-0.39, 0.29) is 30.1 Å². The monoisotopic (exact) mass is 401 g/mol. The number of halogens is 1. The van der Waals surface area contributed by atoms with Crippen LogP contribution in [0.25, 0.3) is 0 Å². The molecule has 0 saturated carbocycles. The predicted molar refractivity (Wildman–Crippen MR) is 111 cm³/mol. The molecule has 2 heterocycles. The lowest BCUT2D eigenvalue weighted by Crippen LogP contribution is -2.19. The summed E-state index contributed by atoms with van der Waals surface area (Å²) in [5.74, 6) is -0.0813. The van der Waals surface area contributed by atoms with Crippen molar-refractivity contribution >= 4 is 23.2 Å². The van der Waals surface area contributed by atoms with Gasteiger partial charge in [-0.3, -0.25) is 0 Å². The van der Waals surface area contributed by atoms with Crippen LogP contribution >= 0.6 is 0 Å². The maximum Gasteiger partial charge on any atom is 0.250 e. The molecule has 0 amide bonds. The molecule has 29 heavy (non-hydrogen) atoms. The van der Waals surface area contributed by atoms with Crippen molar-refractivity contribution in [3.63, 3.8) is 0 Å². The number of aliphatic imine (C=N–C) groups is 2. The number of nitrogens with one attached hydrogen (secondary N) is 1. The van der Waals surface area contributed by atoms with Crippen molar-refractivity contribution in [3.8, 4) is 5.88 Å². The van der Waals surface area contributed by atoms with Gasteiger partial charge < -0.3 is 26.6 Å². The molecule has 0 aliphatic rings. The van der Waals surface area contributed by atoms with E-state index in [1.807, 2.05) is 6.92 Å². The number of aromatic nitrogens is 2. The van der Waals surface area contributed by atoms with Gasteiger partial charge in [-0.25, -0.2) is 24.3 Å². The Morgan fingerprint density at radius 2 is 2.03 bits per heavy atom. The van der Waals surface area contributed by atoms with E-state index in [0.29, 0.717) is 22.9 Å². The van der Waals surface area contributed by atoms with Gasteiger partial charge in [-0.2, -0.15) is 0 Å². The van der Waals surface area contributed by atoms with Crippen molar-refractivity contribution in [1.82, 2.24) is 9.97 Å². The summed E-state index contributed by atoms with van der Waals surface area (Å²) >= 11 is 0. The summed E-state index contributed by atoms with van der Waals surface area (Å²) in [6.45, 7) is 6.89. The first-order valence-electron chi connectivity index (χ1n) is 8.66. The molecule has 1 atom stereocenters.